The first-order chi connectivity index (χ1) is 18.9. The minimum atomic E-state index is -0.846. The maximum atomic E-state index is 14.4. The van der Waals surface area contributed by atoms with E-state index in [-0.39, 0.29) is 24.4 Å². The average Bonchev–Trinajstić information content (AvgIpc) is 3.25. The molecule has 1 N–H and O–H groups in total. The van der Waals surface area contributed by atoms with Crippen molar-refractivity contribution in [2.45, 2.75) is 74.0 Å². The number of nitrogens with zero attached hydrogens (tertiary/aromatic N) is 2. The summed E-state index contributed by atoms with van der Waals surface area (Å²) in [6.07, 6.45) is 14.2. The summed E-state index contributed by atoms with van der Waals surface area (Å²) in [5.41, 5.74) is 1.04. The van der Waals surface area contributed by atoms with Gasteiger partial charge in [0, 0.05) is 31.0 Å². The molecule has 2 amide bonds. The van der Waals surface area contributed by atoms with Crippen molar-refractivity contribution < 1.29 is 24.2 Å². The summed E-state index contributed by atoms with van der Waals surface area (Å²) in [6, 6.07) is 9.24. The molecule has 210 valence electrons. The summed E-state index contributed by atoms with van der Waals surface area (Å²) in [6.45, 7) is 3.92. The molecule has 4 heterocycles. The fourth-order valence-corrected chi connectivity index (χ4v) is 8.93. The van der Waals surface area contributed by atoms with Gasteiger partial charge in [-0.05, 0) is 44.6 Å². The number of allylic oxidation sites excluding steroid dienone is 1. The van der Waals surface area contributed by atoms with Gasteiger partial charge in [-0.3, -0.25) is 14.4 Å². The van der Waals surface area contributed by atoms with E-state index in [1.54, 1.807) is 16.7 Å². The molecule has 0 radical (unpaired) electrons. The Bertz CT molecular complexity index is 1120. The largest absolute Gasteiger partial charge is 0.465 e. The summed E-state index contributed by atoms with van der Waals surface area (Å²) in [4.78, 5) is 45.9. The Morgan fingerprint density at radius 2 is 1.77 bits per heavy atom. The first kappa shape index (κ1) is 28.0. The Balaban J connectivity index is 1.53. The number of ether oxygens (including phenoxy) is 1. The highest BCUT2D eigenvalue weighted by atomic mass is 32.2. The molecular formula is C31H40N2O5S. The molecule has 39 heavy (non-hydrogen) atoms. The van der Waals surface area contributed by atoms with Gasteiger partial charge in [-0.15, -0.1) is 11.8 Å². The quantitative estimate of drug-likeness (QED) is 0.297. The number of esters is 1. The van der Waals surface area contributed by atoms with Gasteiger partial charge < -0.3 is 19.6 Å². The predicted octanol–water partition coefficient (Wildman–Crippen LogP) is 4.11. The lowest BCUT2D eigenvalue weighted by Gasteiger charge is -2.37. The lowest BCUT2D eigenvalue weighted by molar-refractivity contribution is -0.154. The van der Waals surface area contributed by atoms with E-state index in [0.717, 1.165) is 50.5 Å². The number of hydrogen-bond donors (Lipinski definition) is 1. The van der Waals surface area contributed by atoms with Crippen LogP contribution in [0.4, 0.5) is 0 Å². The number of likely N-dealkylation sites (tertiary alicyclic amines) is 1. The summed E-state index contributed by atoms with van der Waals surface area (Å²) in [7, 11) is 0. The number of benzene rings is 1. The Labute approximate surface area is 235 Å². The van der Waals surface area contributed by atoms with Gasteiger partial charge in [-0.1, -0.05) is 67.5 Å². The Morgan fingerprint density at radius 1 is 0.974 bits per heavy atom. The molecule has 4 aliphatic rings. The van der Waals surface area contributed by atoms with E-state index in [1.165, 1.54) is 0 Å². The van der Waals surface area contributed by atoms with Gasteiger partial charge in [-0.2, -0.15) is 0 Å². The number of thioether (sulfide) groups is 1. The molecule has 0 saturated carbocycles. The molecule has 7 nitrogen and oxygen atoms in total. The molecule has 2 fully saturated rings. The fourth-order valence-electron chi connectivity index (χ4n) is 6.78. The number of cyclic esters (lactones) is 1. The van der Waals surface area contributed by atoms with Gasteiger partial charge in [0.25, 0.3) is 0 Å². The molecule has 5 atom stereocenters. The van der Waals surface area contributed by atoms with Crippen LogP contribution in [0, 0.1) is 11.8 Å². The van der Waals surface area contributed by atoms with Crippen LogP contribution in [0.1, 0.15) is 57.4 Å². The summed E-state index contributed by atoms with van der Waals surface area (Å²) in [5.74, 6) is -1.84. The maximum absolute atomic E-state index is 14.4. The fraction of sp³-hybridized carbons (Fsp3) is 0.581. The van der Waals surface area contributed by atoms with Gasteiger partial charge in [0.05, 0.1) is 23.2 Å². The van der Waals surface area contributed by atoms with Gasteiger partial charge in [0.1, 0.15) is 6.04 Å². The second-order valence-electron chi connectivity index (χ2n) is 11.3. The van der Waals surface area contributed by atoms with Crippen molar-refractivity contribution in [1.29, 1.82) is 0 Å². The Kier molecular flexibility index (Phi) is 8.52. The van der Waals surface area contributed by atoms with E-state index >= 15 is 0 Å². The smallest absolute Gasteiger partial charge is 0.311 e. The SMILES string of the molecule is C[C@@]12/C=C\CCCCOC(=O)[C@@H]1[C@H]1C(=O)N(CCCCCCO)C3C(=O)N(Cc4ccccc4)CC=C[C@@]31S2. The second kappa shape index (κ2) is 11.9. The highest BCUT2D eigenvalue weighted by Gasteiger charge is 2.73. The second-order valence-corrected chi connectivity index (χ2v) is 13.1. The third-order valence-electron chi connectivity index (χ3n) is 8.61. The molecule has 8 heteroatoms. The zero-order chi connectivity index (χ0) is 27.5. The number of carbonyl (C=O) groups excluding carboxylic acids is 3. The first-order valence-corrected chi connectivity index (χ1v) is 15.2. The van der Waals surface area contributed by atoms with Crippen LogP contribution >= 0.6 is 11.8 Å². The highest BCUT2D eigenvalue weighted by Crippen LogP contribution is 2.65. The van der Waals surface area contributed by atoms with Crippen LogP contribution in [0.5, 0.6) is 0 Å². The normalized spacial score (nSPS) is 33.3. The lowest BCUT2D eigenvalue weighted by atomic mass is 9.74. The third kappa shape index (κ3) is 5.30. The highest BCUT2D eigenvalue weighted by molar-refractivity contribution is 8.02. The molecule has 2 saturated heterocycles. The van der Waals surface area contributed by atoms with E-state index in [1.807, 2.05) is 48.2 Å². The molecular weight excluding hydrogens is 512 g/mol. The van der Waals surface area contributed by atoms with Crippen LogP contribution in [0.25, 0.3) is 0 Å². The van der Waals surface area contributed by atoms with Crippen LogP contribution in [-0.4, -0.2) is 74.5 Å². The molecule has 1 spiro atoms. The zero-order valence-electron chi connectivity index (χ0n) is 22.8. The Hall–Kier alpha value is -2.58. The van der Waals surface area contributed by atoms with Crippen LogP contribution in [0.2, 0.25) is 0 Å². The van der Waals surface area contributed by atoms with Crippen LogP contribution in [0.15, 0.2) is 54.6 Å². The average molecular weight is 553 g/mol. The molecule has 0 bridgehead atoms. The number of aliphatic hydroxyl groups is 1. The van der Waals surface area contributed by atoms with Crippen LogP contribution in [0.3, 0.4) is 0 Å². The van der Waals surface area contributed by atoms with Crippen molar-refractivity contribution in [3.8, 4) is 0 Å². The number of unbranched alkanes of at least 4 members (excludes halogenated alkanes) is 3. The van der Waals surface area contributed by atoms with Crippen molar-refractivity contribution in [2.75, 3.05) is 26.3 Å². The van der Waals surface area contributed by atoms with Gasteiger partial charge in [0.2, 0.25) is 11.8 Å². The third-order valence-corrected chi connectivity index (χ3v) is 10.4. The van der Waals surface area contributed by atoms with E-state index in [4.69, 9.17) is 9.84 Å². The topological polar surface area (TPSA) is 87.1 Å². The Morgan fingerprint density at radius 3 is 2.56 bits per heavy atom. The van der Waals surface area contributed by atoms with Crippen molar-refractivity contribution in [3.63, 3.8) is 0 Å². The zero-order valence-corrected chi connectivity index (χ0v) is 23.6. The van der Waals surface area contributed by atoms with Crippen molar-refractivity contribution in [3.05, 3.63) is 60.2 Å². The maximum Gasteiger partial charge on any atom is 0.311 e. The van der Waals surface area contributed by atoms with Crippen molar-refractivity contribution >= 4 is 29.5 Å². The number of fused-ring (bicyclic) bond motifs is 2. The van der Waals surface area contributed by atoms with E-state index in [9.17, 15) is 14.4 Å². The number of amides is 2. The number of aliphatic hydroxyl groups excluding tert-OH is 1. The van der Waals surface area contributed by atoms with Gasteiger partial charge in [-0.25, -0.2) is 0 Å². The van der Waals surface area contributed by atoms with Gasteiger partial charge in [0.15, 0.2) is 0 Å². The first-order valence-electron chi connectivity index (χ1n) is 14.4. The van der Waals surface area contributed by atoms with Crippen LogP contribution in [-0.2, 0) is 25.7 Å². The number of rotatable bonds is 8. The van der Waals surface area contributed by atoms with Crippen molar-refractivity contribution in [1.82, 2.24) is 9.80 Å². The minimum Gasteiger partial charge on any atom is -0.465 e. The molecule has 1 aromatic carbocycles. The molecule has 0 aromatic heterocycles. The molecule has 4 aliphatic heterocycles. The summed E-state index contributed by atoms with van der Waals surface area (Å²) >= 11 is 1.60. The lowest BCUT2D eigenvalue weighted by Crippen LogP contribution is -2.53. The summed E-state index contributed by atoms with van der Waals surface area (Å²) < 4.78 is 4.25. The minimum absolute atomic E-state index is 0.0628. The van der Waals surface area contributed by atoms with E-state index in [0.29, 0.717) is 26.2 Å². The molecule has 1 aromatic rings. The van der Waals surface area contributed by atoms with Crippen molar-refractivity contribution in [2.24, 2.45) is 11.8 Å². The standard InChI is InChI=1S/C31H40N2O5S/c1-30-16-9-2-5-12-21-38-29(37)25(30)24-27(35)33(19-10-3-4-11-20-34)26-28(36)32(18-13-17-31(24,26)39-30)22-23-14-7-6-8-15-23/h6-9,13-17,24-26,34H,2-5,10-12,18-22H2,1H3/b16-9-/t24-,25-,26?,30+,31-/m0/s1. The monoisotopic (exact) mass is 552 g/mol. The van der Waals surface area contributed by atoms with Crippen LogP contribution < -0.4 is 0 Å². The number of hydrogen-bond acceptors (Lipinski definition) is 6. The number of carbonyl (C=O) groups is 3. The summed E-state index contributed by atoms with van der Waals surface area (Å²) in [5, 5.41) is 9.16. The van der Waals surface area contributed by atoms with E-state index in [2.05, 4.69) is 18.2 Å². The van der Waals surface area contributed by atoms with Gasteiger partial charge >= 0.3 is 5.97 Å². The predicted molar refractivity (Wildman–Crippen MR) is 152 cm³/mol. The molecule has 5 rings (SSSR count). The molecule has 0 aliphatic carbocycles. The van der Waals surface area contributed by atoms with E-state index < -0.39 is 27.4 Å². The molecule has 1 unspecified atom stereocenters.